The van der Waals surface area contributed by atoms with Crippen molar-refractivity contribution in [3.8, 4) is 10.4 Å². The van der Waals surface area contributed by atoms with E-state index in [4.69, 9.17) is 11.6 Å². The molecule has 0 amide bonds. The second-order valence-corrected chi connectivity index (χ2v) is 5.52. The van der Waals surface area contributed by atoms with E-state index in [1.165, 1.54) is 0 Å². The standard InChI is InChI=1S/C13H15ClN2OS/c1-9-15-8-13(18-9)11-4-2-3-5-12(11)16-7-10(17)6-14/h2-5,8,10,16-17H,6-7H2,1H3. The van der Waals surface area contributed by atoms with Gasteiger partial charge in [0.05, 0.1) is 21.9 Å². The van der Waals surface area contributed by atoms with Gasteiger partial charge in [0, 0.05) is 24.0 Å². The third kappa shape index (κ3) is 3.22. The van der Waals surface area contributed by atoms with Crippen LogP contribution in [0.25, 0.3) is 10.4 Å². The molecule has 18 heavy (non-hydrogen) atoms. The highest BCUT2D eigenvalue weighted by Crippen LogP contribution is 2.31. The van der Waals surface area contributed by atoms with Gasteiger partial charge in [-0.1, -0.05) is 18.2 Å². The van der Waals surface area contributed by atoms with Gasteiger partial charge in [0.15, 0.2) is 0 Å². The van der Waals surface area contributed by atoms with E-state index in [2.05, 4.69) is 10.3 Å². The largest absolute Gasteiger partial charge is 0.390 e. The van der Waals surface area contributed by atoms with Gasteiger partial charge in [-0.05, 0) is 13.0 Å². The van der Waals surface area contributed by atoms with Crippen molar-refractivity contribution >= 4 is 28.6 Å². The zero-order valence-corrected chi connectivity index (χ0v) is 11.6. The minimum atomic E-state index is -0.539. The Morgan fingerprint density at radius 1 is 1.44 bits per heavy atom. The summed E-state index contributed by atoms with van der Waals surface area (Å²) < 4.78 is 0. The molecule has 0 fully saturated rings. The highest BCUT2D eigenvalue weighted by atomic mass is 35.5. The Kier molecular flexibility index (Phi) is 4.58. The van der Waals surface area contributed by atoms with Gasteiger partial charge < -0.3 is 10.4 Å². The number of hydrogen-bond donors (Lipinski definition) is 2. The number of aliphatic hydroxyl groups excluding tert-OH is 1. The third-order valence-corrected chi connectivity index (χ3v) is 3.82. The van der Waals surface area contributed by atoms with Gasteiger partial charge in [-0.2, -0.15) is 0 Å². The molecule has 0 aliphatic rings. The van der Waals surface area contributed by atoms with Gasteiger partial charge in [0.25, 0.3) is 0 Å². The van der Waals surface area contributed by atoms with Gasteiger partial charge in [0.2, 0.25) is 0 Å². The van der Waals surface area contributed by atoms with Crippen LogP contribution in [0.4, 0.5) is 5.69 Å². The molecule has 5 heteroatoms. The molecule has 2 aromatic rings. The van der Waals surface area contributed by atoms with Gasteiger partial charge in [-0.3, -0.25) is 0 Å². The molecule has 1 atom stereocenters. The zero-order valence-electron chi connectivity index (χ0n) is 10.1. The van der Waals surface area contributed by atoms with Crippen LogP contribution >= 0.6 is 22.9 Å². The summed E-state index contributed by atoms with van der Waals surface area (Å²) in [5, 5.41) is 13.7. The summed E-state index contributed by atoms with van der Waals surface area (Å²) in [6, 6.07) is 7.99. The van der Waals surface area contributed by atoms with Gasteiger partial charge in [-0.25, -0.2) is 4.98 Å². The first-order chi connectivity index (χ1) is 8.70. The lowest BCUT2D eigenvalue weighted by Gasteiger charge is -2.13. The normalized spacial score (nSPS) is 12.4. The molecule has 1 aromatic heterocycles. The Morgan fingerprint density at radius 2 is 2.22 bits per heavy atom. The van der Waals surface area contributed by atoms with Crippen LogP contribution in [-0.4, -0.2) is 28.6 Å². The van der Waals surface area contributed by atoms with Crippen molar-refractivity contribution in [2.45, 2.75) is 13.0 Å². The number of halogens is 1. The van der Waals surface area contributed by atoms with Crippen LogP contribution in [0.1, 0.15) is 5.01 Å². The quantitative estimate of drug-likeness (QED) is 0.828. The number of aromatic nitrogens is 1. The average Bonchev–Trinajstić information content (AvgIpc) is 2.83. The van der Waals surface area contributed by atoms with E-state index in [0.29, 0.717) is 6.54 Å². The molecule has 2 N–H and O–H groups in total. The molecule has 0 aliphatic heterocycles. The molecule has 1 heterocycles. The Hall–Kier alpha value is -1.10. The molecule has 1 aromatic carbocycles. The number of nitrogens with zero attached hydrogens (tertiary/aromatic N) is 1. The first-order valence-corrected chi connectivity index (χ1v) is 7.05. The molecular formula is C13H15ClN2OS. The van der Waals surface area contributed by atoms with Crippen molar-refractivity contribution in [1.29, 1.82) is 0 Å². The molecule has 0 radical (unpaired) electrons. The number of benzene rings is 1. The van der Waals surface area contributed by atoms with E-state index in [1.807, 2.05) is 37.4 Å². The van der Waals surface area contributed by atoms with Gasteiger partial charge in [-0.15, -0.1) is 22.9 Å². The number of thiazole rings is 1. The van der Waals surface area contributed by atoms with Crippen molar-refractivity contribution in [1.82, 2.24) is 4.98 Å². The molecular weight excluding hydrogens is 268 g/mol. The maximum Gasteiger partial charge on any atom is 0.0900 e. The van der Waals surface area contributed by atoms with E-state index in [0.717, 1.165) is 21.1 Å². The number of aryl methyl sites for hydroxylation is 1. The maximum absolute atomic E-state index is 9.48. The van der Waals surface area contributed by atoms with Crippen molar-refractivity contribution in [3.05, 3.63) is 35.5 Å². The van der Waals surface area contributed by atoms with Crippen LogP contribution in [0.3, 0.4) is 0 Å². The summed E-state index contributed by atoms with van der Waals surface area (Å²) in [6.07, 6.45) is 1.33. The zero-order chi connectivity index (χ0) is 13.0. The summed E-state index contributed by atoms with van der Waals surface area (Å²) in [5.74, 6) is 0.231. The lowest BCUT2D eigenvalue weighted by Crippen LogP contribution is -2.20. The molecule has 0 bridgehead atoms. The first kappa shape index (κ1) is 13.3. The Morgan fingerprint density at radius 3 is 2.89 bits per heavy atom. The maximum atomic E-state index is 9.48. The van der Waals surface area contributed by atoms with Gasteiger partial charge in [0.1, 0.15) is 0 Å². The number of alkyl halides is 1. The van der Waals surface area contributed by atoms with Crippen molar-refractivity contribution in [2.75, 3.05) is 17.7 Å². The van der Waals surface area contributed by atoms with Crippen LogP contribution in [-0.2, 0) is 0 Å². The molecule has 1 unspecified atom stereocenters. The minimum absolute atomic E-state index is 0.231. The summed E-state index contributed by atoms with van der Waals surface area (Å²) >= 11 is 7.24. The summed E-state index contributed by atoms with van der Waals surface area (Å²) in [7, 11) is 0. The molecule has 3 nitrogen and oxygen atoms in total. The van der Waals surface area contributed by atoms with Crippen molar-refractivity contribution < 1.29 is 5.11 Å². The predicted molar refractivity (Wildman–Crippen MR) is 77.5 cm³/mol. The third-order valence-electron chi connectivity index (χ3n) is 2.52. The van der Waals surface area contributed by atoms with E-state index >= 15 is 0 Å². The van der Waals surface area contributed by atoms with Crippen LogP contribution in [0.5, 0.6) is 0 Å². The fourth-order valence-electron chi connectivity index (χ4n) is 1.62. The number of para-hydroxylation sites is 1. The molecule has 0 saturated heterocycles. The number of hydrogen-bond acceptors (Lipinski definition) is 4. The van der Waals surface area contributed by atoms with E-state index < -0.39 is 6.10 Å². The highest BCUT2D eigenvalue weighted by Gasteiger charge is 2.08. The Bertz CT molecular complexity index is 515. The topological polar surface area (TPSA) is 45.2 Å². The first-order valence-electron chi connectivity index (χ1n) is 5.70. The number of anilines is 1. The van der Waals surface area contributed by atoms with E-state index in [-0.39, 0.29) is 5.88 Å². The van der Waals surface area contributed by atoms with Crippen LogP contribution in [0.15, 0.2) is 30.5 Å². The Labute approximate surface area is 115 Å². The molecule has 2 rings (SSSR count). The second kappa shape index (κ2) is 6.18. The van der Waals surface area contributed by atoms with Crippen LogP contribution < -0.4 is 5.32 Å². The SMILES string of the molecule is Cc1ncc(-c2ccccc2NCC(O)CCl)s1. The predicted octanol–water partition coefficient (Wildman–Crippen LogP) is 3.13. The lowest BCUT2D eigenvalue weighted by molar-refractivity contribution is 0.211. The van der Waals surface area contributed by atoms with Crippen LogP contribution in [0.2, 0.25) is 0 Å². The minimum Gasteiger partial charge on any atom is -0.390 e. The number of aliphatic hydroxyl groups is 1. The lowest BCUT2D eigenvalue weighted by atomic mass is 10.1. The fourth-order valence-corrected chi connectivity index (χ4v) is 2.55. The number of rotatable bonds is 5. The fraction of sp³-hybridized carbons (Fsp3) is 0.308. The summed E-state index contributed by atoms with van der Waals surface area (Å²) in [5.41, 5.74) is 2.09. The highest BCUT2D eigenvalue weighted by molar-refractivity contribution is 7.15. The van der Waals surface area contributed by atoms with E-state index in [9.17, 15) is 5.11 Å². The van der Waals surface area contributed by atoms with Crippen LogP contribution in [0, 0.1) is 6.92 Å². The van der Waals surface area contributed by atoms with Crippen molar-refractivity contribution in [2.24, 2.45) is 0 Å². The average molecular weight is 283 g/mol. The van der Waals surface area contributed by atoms with Gasteiger partial charge >= 0.3 is 0 Å². The Balaban J connectivity index is 2.20. The number of nitrogens with one attached hydrogen (secondary N) is 1. The van der Waals surface area contributed by atoms with E-state index in [1.54, 1.807) is 11.3 Å². The smallest absolute Gasteiger partial charge is 0.0900 e. The molecule has 96 valence electrons. The molecule has 0 aliphatic carbocycles. The van der Waals surface area contributed by atoms with Crippen molar-refractivity contribution in [3.63, 3.8) is 0 Å². The second-order valence-electron chi connectivity index (χ2n) is 3.98. The summed E-state index contributed by atoms with van der Waals surface area (Å²) in [6.45, 7) is 2.43. The summed E-state index contributed by atoms with van der Waals surface area (Å²) in [4.78, 5) is 5.39. The molecule has 0 saturated carbocycles. The monoisotopic (exact) mass is 282 g/mol. The molecule has 0 spiro atoms.